The molecule has 0 saturated heterocycles. The van der Waals surface area contributed by atoms with Crippen LogP contribution in [0.5, 0.6) is 0 Å². The van der Waals surface area contributed by atoms with Gasteiger partial charge in [-0.3, -0.25) is 4.68 Å². The van der Waals surface area contributed by atoms with Crippen LogP contribution < -0.4 is 10.6 Å². The van der Waals surface area contributed by atoms with Crippen molar-refractivity contribution in [2.75, 3.05) is 6.54 Å². The third-order valence-electron chi connectivity index (χ3n) is 4.75. The number of guanidine groups is 1. The summed E-state index contributed by atoms with van der Waals surface area (Å²) in [4.78, 5) is 4.70. The Morgan fingerprint density at radius 1 is 0.929 bits per heavy atom. The van der Waals surface area contributed by atoms with E-state index in [1.165, 1.54) is 22.4 Å². The number of hydrogen-bond acceptors (Lipinski definition) is 2. The lowest BCUT2D eigenvalue weighted by Crippen LogP contribution is -2.37. The maximum atomic E-state index is 4.74. The van der Waals surface area contributed by atoms with Crippen LogP contribution >= 0.6 is 0 Å². The molecule has 0 saturated carbocycles. The molecule has 1 heterocycles. The minimum Gasteiger partial charge on any atom is -0.357 e. The monoisotopic (exact) mass is 375 g/mol. The van der Waals surface area contributed by atoms with Crippen LogP contribution in [0.1, 0.15) is 35.0 Å². The van der Waals surface area contributed by atoms with Gasteiger partial charge in [0.25, 0.3) is 0 Å². The molecule has 5 heteroatoms. The highest BCUT2D eigenvalue weighted by atomic mass is 15.3. The van der Waals surface area contributed by atoms with E-state index in [0.717, 1.165) is 24.7 Å². The number of aryl methyl sites for hydroxylation is 1. The van der Waals surface area contributed by atoms with E-state index >= 15 is 0 Å². The van der Waals surface area contributed by atoms with Gasteiger partial charge in [-0.15, -0.1) is 0 Å². The first-order chi connectivity index (χ1) is 13.7. The third kappa shape index (κ3) is 5.22. The van der Waals surface area contributed by atoms with Crippen molar-refractivity contribution in [2.45, 2.75) is 40.4 Å². The van der Waals surface area contributed by atoms with Crippen LogP contribution in [0, 0.1) is 13.8 Å². The normalized spacial score (nSPS) is 11.5. The highest BCUT2D eigenvalue weighted by Gasteiger charge is 2.12. The van der Waals surface area contributed by atoms with Gasteiger partial charge in [0, 0.05) is 24.3 Å². The van der Waals surface area contributed by atoms with Crippen molar-refractivity contribution in [3.05, 3.63) is 88.7 Å². The number of rotatable bonds is 7. The molecule has 0 unspecified atom stereocenters. The third-order valence-corrected chi connectivity index (χ3v) is 4.75. The van der Waals surface area contributed by atoms with Gasteiger partial charge in [0.15, 0.2) is 5.96 Å². The molecule has 0 amide bonds. The molecule has 0 fully saturated rings. The fourth-order valence-electron chi connectivity index (χ4n) is 3.17. The molecular formula is C23H29N5. The predicted octanol–water partition coefficient (Wildman–Crippen LogP) is 3.80. The van der Waals surface area contributed by atoms with E-state index in [-0.39, 0.29) is 0 Å². The number of benzene rings is 2. The van der Waals surface area contributed by atoms with Gasteiger partial charge in [-0.1, -0.05) is 60.7 Å². The van der Waals surface area contributed by atoms with E-state index in [4.69, 9.17) is 10.1 Å². The summed E-state index contributed by atoms with van der Waals surface area (Å²) in [7, 11) is 0. The zero-order chi connectivity index (χ0) is 19.8. The number of aliphatic imine (C=N–C) groups is 1. The zero-order valence-electron chi connectivity index (χ0n) is 16.9. The van der Waals surface area contributed by atoms with E-state index in [2.05, 4.69) is 72.5 Å². The summed E-state index contributed by atoms with van der Waals surface area (Å²) >= 11 is 0. The molecule has 0 atom stereocenters. The molecule has 0 bridgehead atoms. The van der Waals surface area contributed by atoms with Crippen molar-refractivity contribution < 1.29 is 0 Å². The summed E-state index contributed by atoms with van der Waals surface area (Å²) in [5, 5.41) is 11.5. The first-order valence-corrected chi connectivity index (χ1v) is 9.80. The smallest absolute Gasteiger partial charge is 0.191 e. The predicted molar refractivity (Wildman–Crippen MR) is 115 cm³/mol. The van der Waals surface area contributed by atoms with E-state index in [0.29, 0.717) is 13.1 Å². The Kier molecular flexibility index (Phi) is 6.84. The first kappa shape index (κ1) is 19.7. The molecule has 146 valence electrons. The van der Waals surface area contributed by atoms with Gasteiger partial charge in [-0.25, -0.2) is 4.99 Å². The number of aromatic nitrogens is 2. The summed E-state index contributed by atoms with van der Waals surface area (Å²) in [6.07, 6.45) is 0. The van der Waals surface area contributed by atoms with Crippen LogP contribution in [0.15, 0.2) is 65.7 Å². The molecular weight excluding hydrogens is 346 g/mol. The second-order valence-corrected chi connectivity index (χ2v) is 6.83. The highest BCUT2D eigenvalue weighted by molar-refractivity contribution is 5.79. The molecule has 3 aromatic rings. The molecule has 28 heavy (non-hydrogen) atoms. The summed E-state index contributed by atoms with van der Waals surface area (Å²) in [6, 6.07) is 20.7. The molecule has 0 aliphatic heterocycles. The van der Waals surface area contributed by atoms with Crippen LogP contribution in [0.2, 0.25) is 0 Å². The van der Waals surface area contributed by atoms with Gasteiger partial charge in [0.2, 0.25) is 0 Å². The van der Waals surface area contributed by atoms with Crippen LogP contribution in [-0.4, -0.2) is 22.3 Å². The van der Waals surface area contributed by atoms with Gasteiger partial charge in [-0.05, 0) is 31.9 Å². The molecule has 0 aliphatic rings. The van der Waals surface area contributed by atoms with Gasteiger partial charge in [0.1, 0.15) is 0 Å². The fourth-order valence-corrected chi connectivity index (χ4v) is 3.17. The molecule has 0 aliphatic carbocycles. The minimum atomic E-state index is 0.654. The van der Waals surface area contributed by atoms with Crippen LogP contribution in [0.4, 0.5) is 0 Å². The molecule has 2 aromatic carbocycles. The number of hydrogen-bond donors (Lipinski definition) is 2. The Morgan fingerprint density at radius 2 is 1.57 bits per heavy atom. The molecule has 3 rings (SSSR count). The summed E-state index contributed by atoms with van der Waals surface area (Å²) in [5.74, 6) is 0.820. The lowest BCUT2D eigenvalue weighted by molar-refractivity contribution is 0.657. The minimum absolute atomic E-state index is 0.654. The number of nitrogens with one attached hydrogen (secondary N) is 2. The van der Waals surface area contributed by atoms with Crippen LogP contribution in [-0.2, 0) is 19.6 Å². The average Bonchev–Trinajstić information content (AvgIpc) is 2.98. The standard InChI is InChI=1S/C23H29N5/c1-4-24-23(25-15-20-11-7-5-8-12-20)26-16-22-18(2)27-28(19(22)3)17-21-13-9-6-10-14-21/h5-14H,4,15-17H2,1-3H3,(H2,24,25,26). The van der Waals surface area contributed by atoms with Crippen molar-refractivity contribution in [2.24, 2.45) is 4.99 Å². The maximum absolute atomic E-state index is 4.74. The quantitative estimate of drug-likeness (QED) is 0.488. The van der Waals surface area contributed by atoms with Crippen LogP contribution in [0.3, 0.4) is 0 Å². The van der Waals surface area contributed by atoms with E-state index in [1.807, 2.05) is 24.3 Å². The molecule has 2 N–H and O–H groups in total. The van der Waals surface area contributed by atoms with Crippen molar-refractivity contribution in [3.8, 4) is 0 Å². The van der Waals surface area contributed by atoms with Crippen molar-refractivity contribution in [3.63, 3.8) is 0 Å². The van der Waals surface area contributed by atoms with E-state index in [1.54, 1.807) is 0 Å². The summed E-state index contributed by atoms with van der Waals surface area (Å²) in [5.41, 5.74) is 5.92. The highest BCUT2D eigenvalue weighted by Crippen LogP contribution is 2.14. The average molecular weight is 376 g/mol. The second-order valence-electron chi connectivity index (χ2n) is 6.83. The van der Waals surface area contributed by atoms with Gasteiger partial charge in [-0.2, -0.15) is 5.10 Å². The van der Waals surface area contributed by atoms with Crippen molar-refractivity contribution >= 4 is 5.96 Å². The van der Waals surface area contributed by atoms with E-state index in [9.17, 15) is 0 Å². The van der Waals surface area contributed by atoms with E-state index < -0.39 is 0 Å². The number of nitrogens with zero attached hydrogens (tertiary/aromatic N) is 3. The Morgan fingerprint density at radius 3 is 2.21 bits per heavy atom. The first-order valence-electron chi connectivity index (χ1n) is 9.80. The van der Waals surface area contributed by atoms with Gasteiger partial charge >= 0.3 is 0 Å². The Bertz CT molecular complexity index is 898. The Balaban J connectivity index is 1.68. The SMILES string of the molecule is CCNC(=NCc1ccccc1)NCc1c(C)nn(Cc2ccccc2)c1C. The fraction of sp³-hybridized carbons (Fsp3) is 0.304. The van der Waals surface area contributed by atoms with Gasteiger partial charge < -0.3 is 10.6 Å². The lowest BCUT2D eigenvalue weighted by Gasteiger charge is -2.12. The maximum Gasteiger partial charge on any atom is 0.191 e. The zero-order valence-corrected chi connectivity index (χ0v) is 16.9. The van der Waals surface area contributed by atoms with Crippen molar-refractivity contribution in [1.82, 2.24) is 20.4 Å². The molecule has 1 aromatic heterocycles. The largest absolute Gasteiger partial charge is 0.357 e. The molecule has 5 nitrogen and oxygen atoms in total. The molecule has 0 spiro atoms. The summed E-state index contributed by atoms with van der Waals surface area (Å²) < 4.78 is 2.08. The second kappa shape index (κ2) is 9.74. The summed E-state index contributed by atoms with van der Waals surface area (Å²) in [6.45, 7) is 9.25. The molecule has 0 radical (unpaired) electrons. The van der Waals surface area contributed by atoms with Gasteiger partial charge in [0.05, 0.1) is 18.8 Å². The van der Waals surface area contributed by atoms with Crippen LogP contribution in [0.25, 0.3) is 0 Å². The van der Waals surface area contributed by atoms with Crippen molar-refractivity contribution in [1.29, 1.82) is 0 Å². The Labute approximate surface area is 167 Å². The Hall–Kier alpha value is -3.08. The lowest BCUT2D eigenvalue weighted by atomic mass is 10.2. The topological polar surface area (TPSA) is 54.2 Å².